The molecule has 2 rings (SSSR count). The Hall–Kier alpha value is -1.52. The van der Waals surface area contributed by atoms with Gasteiger partial charge in [0.15, 0.2) is 5.22 Å². The number of hydrogen-bond acceptors (Lipinski definition) is 4. The van der Waals surface area contributed by atoms with Crippen molar-refractivity contribution in [3.8, 4) is 0 Å². The number of esters is 1. The lowest BCUT2D eigenvalue weighted by Gasteiger charge is -2.10. The summed E-state index contributed by atoms with van der Waals surface area (Å²) in [6.45, 7) is 2.19. The zero-order chi connectivity index (χ0) is 13.1. The second kappa shape index (κ2) is 5.42. The smallest absolute Gasteiger partial charge is 0.322 e. The van der Waals surface area contributed by atoms with Gasteiger partial charge in [0.1, 0.15) is 11.6 Å². The molecule has 0 saturated carbocycles. The van der Waals surface area contributed by atoms with Crippen molar-refractivity contribution in [2.75, 3.05) is 7.11 Å². The third kappa shape index (κ3) is 2.49. The van der Waals surface area contributed by atoms with E-state index in [4.69, 9.17) is 16.0 Å². The predicted molar refractivity (Wildman–Crippen MR) is 69.5 cm³/mol. The van der Waals surface area contributed by atoms with E-state index in [0.717, 1.165) is 16.5 Å². The maximum absolute atomic E-state index is 11.3. The molecule has 1 N–H and O–H groups in total. The highest BCUT2D eigenvalue weighted by atomic mass is 35.5. The number of hydrogen-bond donors (Lipinski definition) is 1. The van der Waals surface area contributed by atoms with Crippen LogP contribution in [0.2, 0.25) is 5.22 Å². The molecule has 5 heteroatoms. The summed E-state index contributed by atoms with van der Waals surface area (Å²) in [5, 5.41) is 4.35. The van der Waals surface area contributed by atoms with Gasteiger partial charge >= 0.3 is 5.97 Å². The maximum atomic E-state index is 11.3. The number of benzene rings is 1. The van der Waals surface area contributed by atoms with Crippen LogP contribution in [0, 0.1) is 0 Å². The number of fused-ring (bicyclic) bond motifs is 1. The van der Waals surface area contributed by atoms with Crippen molar-refractivity contribution in [2.45, 2.75) is 19.5 Å². The molecule has 4 nitrogen and oxygen atoms in total. The number of furan rings is 1. The van der Waals surface area contributed by atoms with Crippen molar-refractivity contribution in [3.63, 3.8) is 0 Å². The van der Waals surface area contributed by atoms with Gasteiger partial charge in [-0.05, 0) is 24.6 Å². The van der Waals surface area contributed by atoms with E-state index in [1.807, 2.05) is 24.3 Å². The lowest BCUT2D eigenvalue weighted by molar-refractivity contribution is -0.142. The van der Waals surface area contributed by atoms with Gasteiger partial charge in [-0.2, -0.15) is 0 Å². The first-order valence-electron chi connectivity index (χ1n) is 5.60. The van der Waals surface area contributed by atoms with Gasteiger partial charge in [-0.15, -0.1) is 0 Å². The number of carbonyl (C=O) groups is 1. The predicted octanol–water partition coefficient (Wildman–Crippen LogP) is 2.74. The van der Waals surface area contributed by atoms with E-state index in [0.29, 0.717) is 11.8 Å². The Morgan fingerprint density at radius 3 is 2.94 bits per heavy atom. The Balaban J connectivity index is 2.17. The number of carbonyl (C=O) groups excluding carboxylic acids is 1. The molecular weight excluding hydrogens is 254 g/mol. The Labute approximate surface area is 110 Å². The molecule has 0 bridgehead atoms. The summed E-state index contributed by atoms with van der Waals surface area (Å²) >= 11 is 6.04. The largest absolute Gasteiger partial charge is 0.468 e. The number of halogens is 1. The van der Waals surface area contributed by atoms with Crippen LogP contribution >= 0.6 is 11.6 Å². The Morgan fingerprint density at radius 1 is 1.50 bits per heavy atom. The van der Waals surface area contributed by atoms with Crippen molar-refractivity contribution in [1.82, 2.24) is 5.32 Å². The van der Waals surface area contributed by atoms with E-state index in [1.54, 1.807) is 6.92 Å². The average molecular weight is 268 g/mol. The number of methoxy groups -OCH3 is 1. The van der Waals surface area contributed by atoms with E-state index >= 15 is 0 Å². The fourth-order valence-electron chi connectivity index (χ4n) is 1.75. The van der Waals surface area contributed by atoms with Gasteiger partial charge in [0.25, 0.3) is 0 Å². The zero-order valence-electron chi connectivity index (χ0n) is 10.2. The molecule has 0 aliphatic heterocycles. The van der Waals surface area contributed by atoms with Crippen molar-refractivity contribution in [3.05, 3.63) is 35.0 Å². The molecule has 1 aromatic heterocycles. The van der Waals surface area contributed by atoms with E-state index in [-0.39, 0.29) is 12.0 Å². The minimum atomic E-state index is -0.389. The summed E-state index contributed by atoms with van der Waals surface area (Å²) in [7, 11) is 1.36. The van der Waals surface area contributed by atoms with Crippen LogP contribution < -0.4 is 5.32 Å². The molecule has 0 aliphatic carbocycles. The number of para-hydroxylation sites is 1. The van der Waals surface area contributed by atoms with E-state index < -0.39 is 0 Å². The summed E-state index contributed by atoms with van der Waals surface area (Å²) < 4.78 is 10.1. The minimum Gasteiger partial charge on any atom is -0.468 e. The standard InChI is InChI=1S/C13H14ClNO3/c1-8(13(16)17-2)15-7-10-9-5-3-4-6-11(9)18-12(10)14/h3-6,8,15H,7H2,1-2H3. The summed E-state index contributed by atoms with van der Waals surface area (Å²) in [4.78, 5) is 11.3. The Kier molecular flexibility index (Phi) is 3.89. The molecule has 18 heavy (non-hydrogen) atoms. The van der Waals surface area contributed by atoms with Gasteiger partial charge < -0.3 is 14.5 Å². The van der Waals surface area contributed by atoms with Crippen LogP contribution in [0.4, 0.5) is 0 Å². The van der Waals surface area contributed by atoms with Gasteiger partial charge in [-0.1, -0.05) is 18.2 Å². The molecule has 0 aliphatic rings. The third-order valence-corrected chi connectivity index (χ3v) is 3.09. The molecule has 0 spiro atoms. The molecule has 2 aromatic rings. The molecule has 0 radical (unpaired) electrons. The van der Waals surface area contributed by atoms with Gasteiger partial charge in [0.2, 0.25) is 0 Å². The third-order valence-electron chi connectivity index (χ3n) is 2.79. The van der Waals surface area contributed by atoms with E-state index in [2.05, 4.69) is 10.1 Å². The number of ether oxygens (including phenoxy) is 1. The number of nitrogens with one attached hydrogen (secondary N) is 1. The van der Waals surface area contributed by atoms with Crippen molar-refractivity contribution >= 4 is 28.5 Å². The van der Waals surface area contributed by atoms with E-state index in [1.165, 1.54) is 7.11 Å². The molecule has 1 unspecified atom stereocenters. The Morgan fingerprint density at radius 2 is 2.22 bits per heavy atom. The van der Waals surface area contributed by atoms with Crippen molar-refractivity contribution in [2.24, 2.45) is 0 Å². The highest BCUT2D eigenvalue weighted by Gasteiger charge is 2.16. The van der Waals surface area contributed by atoms with Gasteiger partial charge in [0, 0.05) is 17.5 Å². The van der Waals surface area contributed by atoms with Crippen LogP contribution in [0.1, 0.15) is 12.5 Å². The number of rotatable bonds is 4. The van der Waals surface area contributed by atoms with Crippen LogP contribution in [0.25, 0.3) is 11.0 Å². The van der Waals surface area contributed by atoms with Gasteiger partial charge in [-0.3, -0.25) is 4.79 Å². The first-order chi connectivity index (χ1) is 8.63. The molecular formula is C13H14ClNO3. The van der Waals surface area contributed by atoms with Crippen LogP contribution in [0.15, 0.2) is 28.7 Å². The summed E-state index contributed by atoms with van der Waals surface area (Å²) in [5.41, 5.74) is 1.59. The summed E-state index contributed by atoms with van der Waals surface area (Å²) in [6.07, 6.45) is 0. The highest BCUT2D eigenvalue weighted by molar-refractivity contribution is 6.30. The fourth-order valence-corrected chi connectivity index (χ4v) is 2.00. The SMILES string of the molecule is COC(=O)C(C)NCc1c(Cl)oc2ccccc12. The molecule has 0 amide bonds. The van der Waals surface area contributed by atoms with Gasteiger partial charge in [-0.25, -0.2) is 0 Å². The normalized spacial score (nSPS) is 12.6. The molecule has 1 aromatic carbocycles. The summed E-state index contributed by atoms with van der Waals surface area (Å²) in [6, 6.07) is 7.20. The molecule has 1 atom stereocenters. The van der Waals surface area contributed by atoms with Crippen LogP contribution in [-0.2, 0) is 16.1 Å². The van der Waals surface area contributed by atoms with Crippen LogP contribution in [0.5, 0.6) is 0 Å². The second-order valence-electron chi connectivity index (χ2n) is 3.98. The molecule has 0 fully saturated rings. The van der Waals surface area contributed by atoms with Crippen molar-refractivity contribution < 1.29 is 13.9 Å². The molecule has 96 valence electrons. The monoisotopic (exact) mass is 267 g/mol. The summed E-state index contributed by atoms with van der Waals surface area (Å²) in [5.74, 6) is -0.307. The lowest BCUT2D eigenvalue weighted by Crippen LogP contribution is -2.34. The zero-order valence-corrected chi connectivity index (χ0v) is 11.0. The molecule has 0 saturated heterocycles. The quantitative estimate of drug-likeness (QED) is 0.866. The highest BCUT2D eigenvalue weighted by Crippen LogP contribution is 2.29. The molecule has 1 heterocycles. The Bertz CT molecular complexity index is 564. The van der Waals surface area contributed by atoms with E-state index in [9.17, 15) is 4.79 Å². The van der Waals surface area contributed by atoms with Crippen LogP contribution in [-0.4, -0.2) is 19.1 Å². The van der Waals surface area contributed by atoms with Crippen LogP contribution in [0.3, 0.4) is 0 Å². The fraction of sp³-hybridized carbons (Fsp3) is 0.308. The van der Waals surface area contributed by atoms with Gasteiger partial charge in [0.05, 0.1) is 7.11 Å². The maximum Gasteiger partial charge on any atom is 0.322 e. The minimum absolute atomic E-state index is 0.307. The lowest BCUT2D eigenvalue weighted by atomic mass is 10.1. The average Bonchev–Trinajstić information content (AvgIpc) is 2.70. The first-order valence-corrected chi connectivity index (χ1v) is 5.98. The topological polar surface area (TPSA) is 51.5 Å². The van der Waals surface area contributed by atoms with Crippen molar-refractivity contribution in [1.29, 1.82) is 0 Å². The first kappa shape index (κ1) is 12.9. The second-order valence-corrected chi connectivity index (χ2v) is 4.32.